The summed E-state index contributed by atoms with van der Waals surface area (Å²) in [6, 6.07) is 0. The van der Waals surface area contributed by atoms with Crippen LogP contribution in [0.1, 0.15) is 40.5 Å². The number of ketones is 1. The summed E-state index contributed by atoms with van der Waals surface area (Å²) in [4.78, 5) is 24.6. The number of hydrogen-bond acceptors (Lipinski definition) is 5. The van der Waals surface area contributed by atoms with Crippen LogP contribution in [-0.2, 0) is 23.8 Å². The van der Waals surface area contributed by atoms with E-state index in [0.717, 1.165) is 0 Å². The Kier molecular flexibility index (Phi) is 5.34. The zero-order chi connectivity index (χ0) is 15.5. The first-order valence-corrected chi connectivity index (χ1v) is 6.85. The van der Waals surface area contributed by atoms with E-state index in [1.165, 1.54) is 14.2 Å². The van der Waals surface area contributed by atoms with Crippen LogP contribution in [-0.4, -0.2) is 37.7 Å². The molecule has 1 aliphatic rings. The Morgan fingerprint density at radius 1 is 1.45 bits per heavy atom. The van der Waals surface area contributed by atoms with Crippen LogP contribution in [0.15, 0.2) is 11.3 Å². The van der Waals surface area contributed by atoms with Crippen molar-refractivity contribution in [1.29, 1.82) is 0 Å². The number of rotatable bonds is 5. The van der Waals surface area contributed by atoms with Crippen molar-refractivity contribution in [3.05, 3.63) is 11.3 Å². The van der Waals surface area contributed by atoms with Gasteiger partial charge in [0.1, 0.15) is 11.9 Å². The van der Waals surface area contributed by atoms with Gasteiger partial charge in [0.05, 0.1) is 13.0 Å². The maximum absolute atomic E-state index is 12.5. The van der Waals surface area contributed by atoms with Crippen molar-refractivity contribution in [3.63, 3.8) is 0 Å². The van der Waals surface area contributed by atoms with Crippen molar-refractivity contribution in [2.24, 2.45) is 5.92 Å². The second-order valence-corrected chi connectivity index (χ2v) is 5.35. The van der Waals surface area contributed by atoms with E-state index in [0.29, 0.717) is 24.2 Å². The van der Waals surface area contributed by atoms with Crippen molar-refractivity contribution < 1.29 is 23.8 Å². The van der Waals surface area contributed by atoms with Gasteiger partial charge in [-0.25, -0.2) is 0 Å². The van der Waals surface area contributed by atoms with Crippen molar-refractivity contribution in [2.45, 2.75) is 52.2 Å². The van der Waals surface area contributed by atoms with Crippen LogP contribution in [0.4, 0.5) is 0 Å². The van der Waals surface area contributed by atoms with Crippen LogP contribution < -0.4 is 0 Å². The van der Waals surface area contributed by atoms with Crippen molar-refractivity contribution in [3.8, 4) is 0 Å². The molecular formula is C15H24O5. The number of carbonyl (C=O) groups is 2. The van der Waals surface area contributed by atoms with Gasteiger partial charge < -0.3 is 14.2 Å². The predicted molar refractivity (Wildman–Crippen MR) is 74.1 cm³/mol. The summed E-state index contributed by atoms with van der Waals surface area (Å²) in [5.41, 5.74) is -0.804. The SMILES string of the molecule is CC[C@H](C)C(=O)O[C@]1(C)C(=O)C(C)=C(OC)C[C@H]1OC. The molecule has 0 fully saturated rings. The Labute approximate surface area is 120 Å². The highest BCUT2D eigenvalue weighted by Crippen LogP contribution is 2.35. The smallest absolute Gasteiger partial charge is 0.309 e. The lowest BCUT2D eigenvalue weighted by atomic mass is 9.81. The van der Waals surface area contributed by atoms with Gasteiger partial charge in [-0.05, 0) is 20.3 Å². The largest absolute Gasteiger partial charge is 0.501 e. The summed E-state index contributed by atoms with van der Waals surface area (Å²) in [6.07, 6.45) is 0.537. The normalized spacial score (nSPS) is 28.3. The van der Waals surface area contributed by atoms with Crippen LogP contribution in [0.2, 0.25) is 0 Å². The third-order valence-corrected chi connectivity index (χ3v) is 4.05. The highest BCUT2D eigenvalue weighted by molar-refractivity contribution is 6.04. The van der Waals surface area contributed by atoms with E-state index in [1.807, 2.05) is 6.92 Å². The highest BCUT2D eigenvalue weighted by Gasteiger charge is 2.50. The second-order valence-electron chi connectivity index (χ2n) is 5.35. The average molecular weight is 284 g/mol. The zero-order valence-electron chi connectivity index (χ0n) is 13.1. The second kappa shape index (κ2) is 6.39. The van der Waals surface area contributed by atoms with Gasteiger partial charge in [0.2, 0.25) is 5.78 Å². The highest BCUT2D eigenvalue weighted by atomic mass is 16.6. The minimum Gasteiger partial charge on any atom is -0.501 e. The number of hydrogen-bond donors (Lipinski definition) is 0. The van der Waals surface area contributed by atoms with Crippen LogP contribution in [0.25, 0.3) is 0 Å². The number of Topliss-reactive ketones (excluding diaryl/α,β-unsaturated/α-hetero) is 1. The van der Waals surface area contributed by atoms with Crippen molar-refractivity contribution >= 4 is 11.8 Å². The standard InChI is InChI=1S/C15H24O5/c1-7-9(2)14(17)20-15(4)12(19-6)8-11(18-5)10(3)13(15)16/h9,12H,7-8H2,1-6H3/t9-,12+,15-/m0/s1. The summed E-state index contributed by atoms with van der Waals surface area (Å²) < 4.78 is 16.1. The third-order valence-electron chi connectivity index (χ3n) is 4.05. The molecule has 20 heavy (non-hydrogen) atoms. The summed E-state index contributed by atoms with van der Waals surface area (Å²) in [5.74, 6) is -0.299. The zero-order valence-corrected chi connectivity index (χ0v) is 13.1. The molecule has 0 aromatic rings. The summed E-state index contributed by atoms with van der Waals surface area (Å²) >= 11 is 0. The summed E-state index contributed by atoms with van der Waals surface area (Å²) in [6.45, 7) is 6.98. The number of methoxy groups -OCH3 is 2. The first-order chi connectivity index (χ1) is 9.31. The van der Waals surface area contributed by atoms with Gasteiger partial charge in [-0.3, -0.25) is 9.59 Å². The maximum Gasteiger partial charge on any atom is 0.309 e. The Balaban J connectivity index is 3.09. The van der Waals surface area contributed by atoms with E-state index < -0.39 is 11.7 Å². The topological polar surface area (TPSA) is 61.8 Å². The van der Waals surface area contributed by atoms with Crippen molar-refractivity contribution in [2.75, 3.05) is 14.2 Å². The molecule has 1 rings (SSSR count). The molecule has 0 saturated heterocycles. The Morgan fingerprint density at radius 3 is 2.50 bits per heavy atom. The lowest BCUT2D eigenvalue weighted by Crippen LogP contribution is -2.55. The molecule has 0 unspecified atom stereocenters. The van der Waals surface area contributed by atoms with E-state index in [4.69, 9.17) is 14.2 Å². The first kappa shape index (κ1) is 16.7. The number of ether oxygens (including phenoxy) is 3. The molecule has 0 heterocycles. The third kappa shape index (κ3) is 2.87. The van der Waals surface area contributed by atoms with Gasteiger partial charge in [0.15, 0.2) is 5.60 Å². The molecule has 0 spiro atoms. The maximum atomic E-state index is 12.5. The quantitative estimate of drug-likeness (QED) is 0.725. The Bertz CT molecular complexity index is 426. The molecule has 0 N–H and O–H groups in total. The predicted octanol–water partition coefficient (Wildman–Crippen LogP) is 2.24. The van der Waals surface area contributed by atoms with E-state index in [2.05, 4.69) is 0 Å². The number of carbonyl (C=O) groups excluding carboxylic acids is 2. The fraction of sp³-hybridized carbons (Fsp3) is 0.733. The molecule has 0 bridgehead atoms. The van der Waals surface area contributed by atoms with Crippen LogP contribution in [0, 0.1) is 5.92 Å². The van der Waals surface area contributed by atoms with Gasteiger partial charge in [-0.15, -0.1) is 0 Å². The lowest BCUT2D eigenvalue weighted by Gasteiger charge is -2.39. The molecule has 3 atom stereocenters. The molecule has 5 heteroatoms. The molecule has 114 valence electrons. The summed E-state index contributed by atoms with van der Waals surface area (Å²) in [7, 11) is 3.02. The fourth-order valence-corrected chi connectivity index (χ4v) is 2.29. The molecular weight excluding hydrogens is 260 g/mol. The fourth-order valence-electron chi connectivity index (χ4n) is 2.29. The van der Waals surface area contributed by atoms with Crippen LogP contribution in [0.3, 0.4) is 0 Å². The van der Waals surface area contributed by atoms with E-state index in [1.54, 1.807) is 20.8 Å². The monoisotopic (exact) mass is 284 g/mol. The molecule has 1 aliphatic carbocycles. The molecule has 0 amide bonds. The average Bonchev–Trinajstić information content (AvgIpc) is 2.44. The van der Waals surface area contributed by atoms with Gasteiger partial charge in [0, 0.05) is 19.1 Å². The van der Waals surface area contributed by atoms with Crippen LogP contribution >= 0.6 is 0 Å². The van der Waals surface area contributed by atoms with Crippen LogP contribution in [0.5, 0.6) is 0 Å². The first-order valence-electron chi connectivity index (χ1n) is 6.85. The van der Waals surface area contributed by atoms with E-state index in [9.17, 15) is 9.59 Å². The van der Waals surface area contributed by atoms with Crippen molar-refractivity contribution in [1.82, 2.24) is 0 Å². The molecule has 0 aromatic carbocycles. The summed E-state index contributed by atoms with van der Waals surface area (Å²) in [5, 5.41) is 0. The lowest BCUT2D eigenvalue weighted by molar-refractivity contribution is -0.184. The molecule has 0 aromatic heterocycles. The number of esters is 1. The molecule has 5 nitrogen and oxygen atoms in total. The van der Waals surface area contributed by atoms with Gasteiger partial charge in [0.25, 0.3) is 0 Å². The molecule has 0 aliphatic heterocycles. The van der Waals surface area contributed by atoms with Gasteiger partial charge in [-0.1, -0.05) is 13.8 Å². The Hall–Kier alpha value is -1.36. The molecule has 0 saturated carbocycles. The van der Waals surface area contributed by atoms with E-state index in [-0.39, 0.29) is 17.7 Å². The Morgan fingerprint density at radius 2 is 2.05 bits per heavy atom. The molecule has 0 radical (unpaired) electrons. The minimum absolute atomic E-state index is 0.245. The van der Waals surface area contributed by atoms with E-state index >= 15 is 0 Å². The van der Waals surface area contributed by atoms with Gasteiger partial charge in [-0.2, -0.15) is 0 Å². The minimum atomic E-state index is -1.29. The van der Waals surface area contributed by atoms with Gasteiger partial charge >= 0.3 is 5.97 Å².